The summed E-state index contributed by atoms with van der Waals surface area (Å²) >= 11 is 0. The molecule has 0 fully saturated rings. The maximum atomic E-state index is 12.5. The first-order valence-electron chi connectivity index (χ1n) is 8.22. The molecule has 0 aromatic heterocycles. The lowest BCUT2D eigenvalue weighted by Gasteiger charge is -2.28. The lowest BCUT2D eigenvalue weighted by Crippen LogP contribution is -2.44. The number of hydrogen-bond acceptors (Lipinski definition) is 6. The molecule has 0 saturated heterocycles. The number of sulfonamides is 1. The van der Waals surface area contributed by atoms with E-state index in [-0.39, 0.29) is 22.9 Å². The number of carbonyl (C=O) groups excluding carboxylic acids is 3. The summed E-state index contributed by atoms with van der Waals surface area (Å²) in [5.41, 5.74) is 0.981. The van der Waals surface area contributed by atoms with Crippen molar-refractivity contribution in [3.05, 3.63) is 54.1 Å². The molecule has 0 unspecified atom stereocenters. The molecular formula is C18H17N3O6S. The number of hydrogen-bond donors (Lipinski definition) is 2. The summed E-state index contributed by atoms with van der Waals surface area (Å²) < 4.78 is 30.8. The van der Waals surface area contributed by atoms with Crippen LogP contribution in [0.3, 0.4) is 0 Å². The second-order valence-corrected chi connectivity index (χ2v) is 7.74. The fourth-order valence-electron chi connectivity index (χ4n) is 2.65. The lowest BCUT2D eigenvalue weighted by atomic mass is 10.2. The molecule has 2 aromatic carbocycles. The third-order valence-electron chi connectivity index (χ3n) is 4.05. The van der Waals surface area contributed by atoms with Crippen molar-refractivity contribution in [3.63, 3.8) is 0 Å². The Morgan fingerprint density at radius 3 is 2.68 bits per heavy atom. The van der Waals surface area contributed by atoms with Gasteiger partial charge < -0.3 is 10.1 Å². The second kappa shape index (κ2) is 7.79. The van der Waals surface area contributed by atoms with Gasteiger partial charge in [-0.3, -0.25) is 14.5 Å². The van der Waals surface area contributed by atoms with E-state index >= 15 is 0 Å². The average Bonchev–Trinajstić information content (AvgIpc) is 2.71. The van der Waals surface area contributed by atoms with E-state index in [1.165, 1.54) is 30.1 Å². The predicted molar refractivity (Wildman–Crippen MR) is 100 cm³/mol. The van der Waals surface area contributed by atoms with Crippen LogP contribution < -0.4 is 14.9 Å². The van der Waals surface area contributed by atoms with E-state index in [1.807, 2.05) is 0 Å². The van der Waals surface area contributed by atoms with Crippen molar-refractivity contribution in [3.8, 4) is 0 Å². The van der Waals surface area contributed by atoms with E-state index in [9.17, 15) is 22.8 Å². The fraction of sp³-hybridized carbons (Fsp3) is 0.167. The summed E-state index contributed by atoms with van der Waals surface area (Å²) in [5, 5.41) is 2.66. The van der Waals surface area contributed by atoms with Crippen LogP contribution in [-0.4, -0.2) is 46.4 Å². The molecule has 1 aliphatic rings. The molecule has 28 heavy (non-hydrogen) atoms. The van der Waals surface area contributed by atoms with Crippen LogP contribution in [0.4, 0.5) is 11.4 Å². The Balaban J connectivity index is 1.71. The molecule has 2 amide bonds. The molecule has 10 heteroatoms. The van der Waals surface area contributed by atoms with Crippen molar-refractivity contribution >= 4 is 39.2 Å². The topological polar surface area (TPSA) is 122 Å². The van der Waals surface area contributed by atoms with E-state index in [1.54, 1.807) is 24.3 Å². The standard InChI is InChI=1S/C18H17N3O6S/c1-19-28(25,26)13-6-4-5-12(9-13)18(24)27-11-17(23)21-10-16(22)20-14-7-2-3-8-15(14)21/h2-9,19H,10-11H2,1H3,(H,20,22). The van der Waals surface area contributed by atoms with Crippen LogP contribution in [0.5, 0.6) is 0 Å². The SMILES string of the molecule is CNS(=O)(=O)c1cccc(C(=O)OCC(=O)N2CC(=O)Nc3ccccc32)c1. The van der Waals surface area contributed by atoms with E-state index in [2.05, 4.69) is 10.0 Å². The Morgan fingerprint density at radius 1 is 1.18 bits per heavy atom. The number of carbonyl (C=O) groups is 3. The monoisotopic (exact) mass is 403 g/mol. The van der Waals surface area contributed by atoms with Crippen molar-refractivity contribution in [2.24, 2.45) is 0 Å². The fourth-order valence-corrected chi connectivity index (χ4v) is 3.43. The average molecular weight is 403 g/mol. The number of anilines is 2. The van der Waals surface area contributed by atoms with Crippen LogP contribution in [0.2, 0.25) is 0 Å². The zero-order valence-electron chi connectivity index (χ0n) is 14.8. The molecular weight excluding hydrogens is 386 g/mol. The van der Waals surface area contributed by atoms with Gasteiger partial charge in [-0.2, -0.15) is 0 Å². The van der Waals surface area contributed by atoms with Crippen LogP contribution in [0.15, 0.2) is 53.4 Å². The van der Waals surface area contributed by atoms with Crippen LogP contribution in [0.25, 0.3) is 0 Å². The van der Waals surface area contributed by atoms with Crippen LogP contribution >= 0.6 is 0 Å². The smallest absolute Gasteiger partial charge is 0.338 e. The summed E-state index contributed by atoms with van der Waals surface area (Å²) in [7, 11) is -2.46. The molecule has 0 bridgehead atoms. The Kier molecular flexibility index (Phi) is 5.43. The van der Waals surface area contributed by atoms with Gasteiger partial charge in [0.2, 0.25) is 15.9 Å². The summed E-state index contributed by atoms with van der Waals surface area (Å²) in [4.78, 5) is 37.6. The number of rotatable bonds is 5. The van der Waals surface area contributed by atoms with E-state index in [0.29, 0.717) is 11.4 Å². The highest BCUT2D eigenvalue weighted by molar-refractivity contribution is 7.89. The minimum Gasteiger partial charge on any atom is -0.452 e. The van der Waals surface area contributed by atoms with Gasteiger partial charge in [-0.25, -0.2) is 17.9 Å². The second-order valence-electron chi connectivity index (χ2n) is 5.86. The van der Waals surface area contributed by atoms with Gasteiger partial charge in [-0.1, -0.05) is 18.2 Å². The van der Waals surface area contributed by atoms with Gasteiger partial charge in [0, 0.05) is 0 Å². The van der Waals surface area contributed by atoms with Gasteiger partial charge in [0.05, 0.1) is 21.8 Å². The first-order valence-corrected chi connectivity index (χ1v) is 9.70. The highest BCUT2D eigenvalue weighted by Crippen LogP contribution is 2.28. The number of para-hydroxylation sites is 2. The molecule has 3 rings (SSSR count). The zero-order chi connectivity index (χ0) is 20.3. The number of fused-ring (bicyclic) bond motifs is 1. The van der Waals surface area contributed by atoms with Crippen LogP contribution in [0.1, 0.15) is 10.4 Å². The molecule has 0 saturated carbocycles. The van der Waals surface area contributed by atoms with Crippen molar-refractivity contribution in [1.29, 1.82) is 0 Å². The van der Waals surface area contributed by atoms with Crippen molar-refractivity contribution in [2.75, 3.05) is 30.4 Å². The zero-order valence-corrected chi connectivity index (χ0v) is 15.7. The van der Waals surface area contributed by atoms with Gasteiger partial charge in [0.15, 0.2) is 6.61 Å². The lowest BCUT2D eigenvalue weighted by molar-refractivity contribution is -0.124. The first kappa shape index (κ1) is 19.5. The Hall–Kier alpha value is -3.24. The molecule has 9 nitrogen and oxygen atoms in total. The quantitative estimate of drug-likeness (QED) is 0.710. The highest BCUT2D eigenvalue weighted by atomic mass is 32.2. The van der Waals surface area contributed by atoms with E-state index in [4.69, 9.17) is 4.74 Å². The summed E-state index contributed by atoms with van der Waals surface area (Å²) in [6.45, 7) is -0.785. The number of nitrogens with zero attached hydrogens (tertiary/aromatic N) is 1. The van der Waals surface area contributed by atoms with Gasteiger partial charge in [-0.15, -0.1) is 0 Å². The van der Waals surface area contributed by atoms with Crippen LogP contribution in [-0.2, 0) is 24.3 Å². The number of esters is 1. The van der Waals surface area contributed by atoms with Gasteiger partial charge >= 0.3 is 5.97 Å². The minimum atomic E-state index is -3.72. The van der Waals surface area contributed by atoms with Gasteiger partial charge in [0.25, 0.3) is 5.91 Å². The molecule has 146 valence electrons. The number of nitrogens with one attached hydrogen (secondary N) is 2. The normalized spacial score (nSPS) is 13.5. The third-order valence-corrected chi connectivity index (χ3v) is 5.46. The maximum absolute atomic E-state index is 12.5. The van der Waals surface area contributed by atoms with Crippen molar-refractivity contribution in [2.45, 2.75) is 4.90 Å². The van der Waals surface area contributed by atoms with E-state index < -0.39 is 28.5 Å². The molecule has 2 aromatic rings. The molecule has 1 heterocycles. The highest BCUT2D eigenvalue weighted by Gasteiger charge is 2.27. The van der Waals surface area contributed by atoms with Gasteiger partial charge in [-0.05, 0) is 37.4 Å². The molecule has 0 aliphatic carbocycles. The Labute approximate surface area is 161 Å². The molecule has 2 N–H and O–H groups in total. The maximum Gasteiger partial charge on any atom is 0.338 e. The van der Waals surface area contributed by atoms with Crippen LogP contribution in [0, 0.1) is 0 Å². The Morgan fingerprint density at radius 2 is 1.93 bits per heavy atom. The number of benzene rings is 2. The summed E-state index contributed by atoms with van der Waals surface area (Å²) in [6, 6.07) is 12.0. The largest absolute Gasteiger partial charge is 0.452 e. The number of ether oxygens (including phenoxy) is 1. The molecule has 1 aliphatic heterocycles. The van der Waals surface area contributed by atoms with E-state index in [0.717, 1.165) is 6.07 Å². The first-order chi connectivity index (χ1) is 13.3. The summed E-state index contributed by atoms with van der Waals surface area (Å²) in [5.74, 6) is -1.78. The molecule has 0 spiro atoms. The molecule has 0 radical (unpaired) electrons. The third kappa shape index (κ3) is 4.02. The van der Waals surface area contributed by atoms with Gasteiger partial charge in [0.1, 0.15) is 6.54 Å². The minimum absolute atomic E-state index is 0.0130. The molecule has 0 atom stereocenters. The van der Waals surface area contributed by atoms with Crippen molar-refractivity contribution in [1.82, 2.24) is 4.72 Å². The summed E-state index contributed by atoms with van der Waals surface area (Å²) in [6.07, 6.45) is 0. The number of amides is 2. The Bertz CT molecular complexity index is 1050. The predicted octanol–water partition coefficient (Wildman–Crippen LogP) is 0.737. The van der Waals surface area contributed by atoms with Crippen molar-refractivity contribution < 1.29 is 27.5 Å².